The summed E-state index contributed by atoms with van der Waals surface area (Å²) in [6.45, 7) is 4.64. The number of allylic oxidation sites excluding steroid dienone is 2. The first-order valence-electron chi connectivity index (χ1n) is 9.77. The zero-order valence-corrected chi connectivity index (χ0v) is 16.2. The Morgan fingerprint density at radius 2 is 1.14 bits per heavy atom. The molecule has 1 nitrogen and oxygen atoms in total. The summed E-state index contributed by atoms with van der Waals surface area (Å²) in [5, 5.41) is 0. The maximum Gasteiger partial charge on any atom is 0.324 e. The fraction of sp³-hybridized carbons (Fsp3) is 0.900. The van der Waals surface area contributed by atoms with Crippen LogP contribution in [0, 0.1) is 5.92 Å². The highest BCUT2D eigenvalue weighted by Crippen LogP contribution is 2.12. The van der Waals surface area contributed by atoms with Crippen LogP contribution in [0.2, 0.25) is 0 Å². The van der Waals surface area contributed by atoms with Gasteiger partial charge in [-0.1, -0.05) is 81.9 Å². The molecule has 0 aromatic rings. The molecular weight excluding hydrogens is 287 g/mol. The van der Waals surface area contributed by atoms with E-state index in [0.717, 1.165) is 18.5 Å². The summed E-state index contributed by atoms with van der Waals surface area (Å²) < 4.78 is 10.3. The average molecular weight is 328 g/mol. The van der Waals surface area contributed by atoms with Crippen molar-refractivity contribution >= 4 is 8.46 Å². The Labute approximate surface area is 141 Å². The molecule has 22 heavy (non-hydrogen) atoms. The van der Waals surface area contributed by atoms with Gasteiger partial charge in [-0.25, -0.2) is 0 Å². The fourth-order valence-electron chi connectivity index (χ4n) is 2.75. The highest BCUT2D eigenvalue weighted by atomic mass is 31.1. The molecule has 0 saturated carbocycles. The van der Waals surface area contributed by atoms with Gasteiger partial charge >= 0.3 is 8.46 Å². The van der Waals surface area contributed by atoms with Crippen LogP contribution in [0.4, 0.5) is 0 Å². The molecule has 0 aromatic carbocycles. The summed E-state index contributed by atoms with van der Waals surface area (Å²) in [6.07, 6.45) is 24.5. The zero-order valence-electron chi connectivity index (χ0n) is 15.2. The minimum atomic E-state index is -0.0916. The molecule has 0 amide bonds. The van der Waals surface area contributed by atoms with E-state index in [1.807, 2.05) is 0 Å². The second kappa shape index (κ2) is 18.9. The van der Waals surface area contributed by atoms with Gasteiger partial charge in [0.05, 0.1) is 0 Å². The lowest BCUT2D eigenvalue weighted by Crippen LogP contribution is -1.87. The van der Waals surface area contributed by atoms with Gasteiger partial charge in [0.25, 0.3) is 0 Å². The molecule has 0 radical (unpaired) electrons. The Bertz CT molecular complexity index is 248. The molecule has 0 heterocycles. The molecule has 0 aliphatic carbocycles. The van der Waals surface area contributed by atoms with Crippen molar-refractivity contribution in [3.8, 4) is 0 Å². The largest absolute Gasteiger partial charge is 0.324 e. The van der Waals surface area contributed by atoms with E-state index < -0.39 is 0 Å². The minimum absolute atomic E-state index is 0.0916. The molecule has 1 atom stereocenters. The topological polar surface area (TPSA) is 17.1 Å². The SMILES string of the molecule is CC(C)CCCCCCCC=CCCCCCCCC[PH+]=O. The highest BCUT2D eigenvalue weighted by molar-refractivity contribution is 7.23. The third-order valence-corrected chi connectivity index (χ3v) is 4.78. The fourth-order valence-corrected chi connectivity index (χ4v) is 3.14. The predicted molar refractivity (Wildman–Crippen MR) is 102 cm³/mol. The molecule has 0 aromatic heterocycles. The van der Waals surface area contributed by atoms with Crippen LogP contribution in [0.1, 0.15) is 104 Å². The van der Waals surface area contributed by atoms with Crippen molar-refractivity contribution in [2.75, 3.05) is 6.16 Å². The molecule has 0 fully saturated rings. The molecule has 0 aliphatic rings. The van der Waals surface area contributed by atoms with Crippen molar-refractivity contribution in [2.45, 2.75) is 104 Å². The van der Waals surface area contributed by atoms with Crippen molar-refractivity contribution in [3.05, 3.63) is 12.2 Å². The van der Waals surface area contributed by atoms with Gasteiger partial charge in [-0.05, 0) is 44.4 Å². The van der Waals surface area contributed by atoms with Crippen LogP contribution in [-0.2, 0) is 4.57 Å². The Kier molecular flexibility index (Phi) is 18.8. The first-order valence-corrected chi connectivity index (χ1v) is 10.9. The van der Waals surface area contributed by atoms with Crippen LogP contribution in [0.15, 0.2) is 12.2 Å². The van der Waals surface area contributed by atoms with Gasteiger partial charge < -0.3 is 0 Å². The molecule has 0 saturated heterocycles. The molecular formula is C20H40OP+. The van der Waals surface area contributed by atoms with E-state index in [4.69, 9.17) is 0 Å². The Hall–Kier alpha value is -0.160. The maximum atomic E-state index is 10.3. The van der Waals surface area contributed by atoms with Crippen LogP contribution in [0.5, 0.6) is 0 Å². The summed E-state index contributed by atoms with van der Waals surface area (Å²) in [5.41, 5.74) is 0. The quantitative estimate of drug-likeness (QED) is 0.152. The minimum Gasteiger partial charge on any atom is -0.0885 e. The van der Waals surface area contributed by atoms with Gasteiger partial charge in [-0.3, -0.25) is 0 Å². The van der Waals surface area contributed by atoms with E-state index in [9.17, 15) is 4.57 Å². The van der Waals surface area contributed by atoms with E-state index in [0.29, 0.717) is 0 Å². The summed E-state index contributed by atoms with van der Waals surface area (Å²) >= 11 is 0. The number of hydrogen-bond donors (Lipinski definition) is 0. The Morgan fingerprint density at radius 1 is 0.682 bits per heavy atom. The number of unbranched alkanes of at least 4 members (excludes halogenated alkanes) is 11. The molecule has 0 spiro atoms. The Morgan fingerprint density at radius 3 is 1.64 bits per heavy atom. The van der Waals surface area contributed by atoms with E-state index in [1.165, 1.54) is 83.5 Å². The van der Waals surface area contributed by atoms with Gasteiger partial charge in [-0.15, -0.1) is 0 Å². The van der Waals surface area contributed by atoms with Gasteiger partial charge in [0.2, 0.25) is 0 Å². The molecule has 130 valence electrons. The zero-order chi connectivity index (χ0) is 16.3. The van der Waals surface area contributed by atoms with E-state index in [-0.39, 0.29) is 8.46 Å². The van der Waals surface area contributed by atoms with Crippen molar-refractivity contribution in [1.82, 2.24) is 0 Å². The van der Waals surface area contributed by atoms with Gasteiger partial charge in [0.1, 0.15) is 6.16 Å². The summed E-state index contributed by atoms with van der Waals surface area (Å²) in [4.78, 5) is 0. The highest BCUT2D eigenvalue weighted by Gasteiger charge is 1.95. The van der Waals surface area contributed by atoms with Crippen molar-refractivity contribution in [3.63, 3.8) is 0 Å². The Balaban J connectivity index is 3.07. The van der Waals surface area contributed by atoms with Gasteiger partial charge in [0, 0.05) is 0 Å². The summed E-state index contributed by atoms with van der Waals surface area (Å²) in [7, 11) is -0.0916. The molecule has 0 rings (SSSR count). The van der Waals surface area contributed by atoms with Crippen LogP contribution in [-0.4, -0.2) is 6.16 Å². The lowest BCUT2D eigenvalue weighted by molar-refractivity contribution is 0.516. The third-order valence-electron chi connectivity index (χ3n) is 4.22. The smallest absolute Gasteiger partial charge is 0.0885 e. The standard InChI is InChI=1S/C20H39OP/c1-20(2)18-16-14-12-10-8-6-4-3-5-7-9-11-13-15-17-19-22-21/h3-4,20H,5-19H2,1-2H3/p+1. The molecule has 0 bridgehead atoms. The second-order valence-corrected chi connectivity index (χ2v) is 7.80. The lowest BCUT2D eigenvalue weighted by atomic mass is 10.0. The van der Waals surface area contributed by atoms with Crippen LogP contribution in [0.25, 0.3) is 0 Å². The van der Waals surface area contributed by atoms with Crippen molar-refractivity contribution in [2.24, 2.45) is 5.92 Å². The van der Waals surface area contributed by atoms with Gasteiger partial charge in [0.15, 0.2) is 0 Å². The molecule has 0 aliphatic heterocycles. The number of hydrogen-bond acceptors (Lipinski definition) is 1. The van der Waals surface area contributed by atoms with Crippen LogP contribution >= 0.6 is 8.46 Å². The molecule has 1 unspecified atom stereocenters. The van der Waals surface area contributed by atoms with Crippen LogP contribution < -0.4 is 0 Å². The van der Waals surface area contributed by atoms with Crippen molar-refractivity contribution in [1.29, 1.82) is 0 Å². The molecule has 2 heteroatoms. The lowest BCUT2D eigenvalue weighted by Gasteiger charge is -2.03. The van der Waals surface area contributed by atoms with Crippen molar-refractivity contribution < 1.29 is 4.57 Å². The predicted octanol–water partition coefficient (Wildman–Crippen LogP) is 7.68. The first kappa shape index (κ1) is 21.8. The van der Waals surface area contributed by atoms with Gasteiger partial charge in [-0.2, -0.15) is 0 Å². The number of rotatable bonds is 17. The maximum absolute atomic E-state index is 10.3. The van der Waals surface area contributed by atoms with E-state index in [2.05, 4.69) is 26.0 Å². The molecule has 0 N–H and O–H groups in total. The first-order chi connectivity index (χ1) is 10.8. The van der Waals surface area contributed by atoms with E-state index in [1.54, 1.807) is 0 Å². The van der Waals surface area contributed by atoms with E-state index >= 15 is 0 Å². The normalized spacial score (nSPS) is 12.0. The average Bonchev–Trinajstić information content (AvgIpc) is 2.50. The summed E-state index contributed by atoms with van der Waals surface area (Å²) in [6, 6.07) is 0. The summed E-state index contributed by atoms with van der Waals surface area (Å²) in [5.74, 6) is 0.876. The monoisotopic (exact) mass is 327 g/mol. The third kappa shape index (κ3) is 19.8. The van der Waals surface area contributed by atoms with Crippen LogP contribution in [0.3, 0.4) is 0 Å². The second-order valence-electron chi connectivity index (χ2n) is 7.01.